The largest absolute Gasteiger partial charge is 0.449 e. The molecule has 0 spiro atoms. The van der Waals surface area contributed by atoms with Crippen molar-refractivity contribution in [1.29, 1.82) is 0 Å². The van der Waals surface area contributed by atoms with Gasteiger partial charge in [0.1, 0.15) is 0 Å². The number of rotatable bonds is 2. The minimum Gasteiger partial charge on any atom is -0.316 e. The van der Waals surface area contributed by atoms with Crippen LogP contribution in [0.5, 0.6) is 0 Å². The summed E-state index contributed by atoms with van der Waals surface area (Å²) in [4.78, 5) is 3.82. The summed E-state index contributed by atoms with van der Waals surface area (Å²) < 4.78 is 41.7. The van der Waals surface area contributed by atoms with Gasteiger partial charge in [0.2, 0.25) is 5.82 Å². The fraction of sp³-hybridized carbons (Fsp3) is 0.316. The second kappa shape index (κ2) is 5.65. The van der Waals surface area contributed by atoms with Gasteiger partial charge < -0.3 is 4.57 Å². The summed E-state index contributed by atoms with van der Waals surface area (Å²) in [6.07, 6.45) is -4.49. The van der Waals surface area contributed by atoms with E-state index in [2.05, 4.69) is 11.1 Å². The molecule has 2 nitrogen and oxygen atoms in total. The Labute approximate surface area is 138 Å². The molecule has 3 aromatic rings. The van der Waals surface area contributed by atoms with Gasteiger partial charge in [-0.05, 0) is 67.6 Å². The van der Waals surface area contributed by atoms with Crippen molar-refractivity contribution in [3.8, 4) is 0 Å². The van der Waals surface area contributed by atoms with Crippen LogP contribution in [0.1, 0.15) is 33.6 Å². The number of halogens is 3. The van der Waals surface area contributed by atoms with Crippen LogP contribution in [0.25, 0.3) is 11.0 Å². The second-order valence-electron chi connectivity index (χ2n) is 6.25. The SMILES string of the molecule is Cc1cc(C)c(C)c(Cn2c(C(F)(F)F)nc3ccccc32)c1C. The fourth-order valence-electron chi connectivity index (χ4n) is 3.15. The van der Waals surface area contributed by atoms with Crippen LogP contribution in [-0.4, -0.2) is 9.55 Å². The number of imidazole rings is 1. The summed E-state index contributed by atoms with van der Waals surface area (Å²) in [5.41, 5.74) is 6.04. The third-order valence-electron chi connectivity index (χ3n) is 4.75. The molecule has 0 bridgehead atoms. The smallest absolute Gasteiger partial charge is 0.316 e. The zero-order valence-corrected chi connectivity index (χ0v) is 14.1. The molecule has 0 amide bonds. The lowest BCUT2D eigenvalue weighted by Gasteiger charge is -2.18. The van der Waals surface area contributed by atoms with E-state index in [-0.39, 0.29) is 6.54 Å². The first kappa shape index (κ1) is 16.6. The number of aryl methyl sites for hydroxylation is 2. The van der Waals surface area contributed by atoms with E-state index in [9.17, 15) is 13.2 Å². The standard InChI is InChI=1S/C19H19F3N2/c1-11-9-12(2)14(4)15(13(11)3)10-24-17-8-6-5-7-16(17)23-18(24)19(20,21)22/h5-9H,10H2,1-4H3. The highest BCUT2D eigenvalue weighted by Crippen LogP contribution is 2.33. The molecule has 1 heterocycles. The third-order valence-corrected chi connectivity index (χ3v) is 4.75. The van der Waals surface area contributed by atoms with Crippen molar-refractivity contribution in [2.75, 3.05) is 0 Å². The van der Waals surface area contributed by atoms with Gasteiger partial charge in [0, 0.05) is 0 Å². The van der Waals surface area contributed by atoms with E-state index >= 15 is 0 Å². The van der Waals surface area contributed by atoms with Crippen LogP contribution >= 0.6 is 0 Å². The Bertz CT molecular complexity index is 894. The molecule has 0 aliphatic carbocycles. The summed E-state index contributed by atoms with van der Waals surface area (Å²) in [6.45, 7) is 8.06. The van der Waals surface area contributed by atoms with Gasteiger partial charge in [-0.1, -0.05) is 18.2 Å². The molecule has 5 heteroatoms. The molecule has 0 saturated carbocycles. The maximum Gasteiger partial charge on any atom is 0.449 e. The molecule has 126 valence electrons. The van der Waals surface area contributed by atoms with Gasteiger partial charge in [-0.3, -0.25) is 0 Å². The van der Waals surface area contributed by atoms with Crippen molar-refractivity contribution in [2.24, 2.45) is 0 Å². The van der Waals surface area contributed by atoms with E-state index in [0.717, 1.165) is 27.8 Å². The quantitative estimate of drug-likeness (QED) is 0.619. The van der Waals surface area contributed by atoms with Crippen LogP contribution in [0.2, 0.25) is 0 Å². The van der Waals surface area contributed by atoms with Crippen molar-refractivity contribution >= 4 is 11.0 Å². The Morgan fingerprint density at radius 3 is 2.12 bits per heavy atom. The predicted molar refractivity (Wildman–Crippen MR) is 89.2 cm³/mol. The lowest BCUT2D eigenvalue weighted by atomic mass is 9.94. The summed E-state index contributed by atoms with van der Waals surface area (Å²) in [5.74, 6) is -0.846. The van der Waals surface area contributed by atoms with Crippen LogP contribution in [0.3, 0.4) is 0 Å². The molecule has 3 rings (SSSR count). The van der Waals surface area contributed by atoms with Crippen molar-refractivity contribution in [3.05, 3.63) is 64.0 Å². The zero-order valence-electron chi connectivity index (χ0n) is 14.1. The highest BCUT2D eigenvalue weighted by molar-refractivity contribution is 5.76. The number of hydrogen-bond acceptors (Lipinski definition) is 1. The minimum absolute atomic E-state index is 0.162. The molecule has 2 aromatic carbocycles. The van der Waals surface area contributed by atoms with E-state index < -0.39 is 12.0 Å². The minimum atomic E-state index is -4.49. The first-order valence-electron chi connectivity index (χ1n) is 7.79. The molecule has 0 radical (unpaired) electrons. The van der Waals surface area contributed by atoms with E-state index in [1.54, 1.807) is 24.3 Å². The molecule has 0 fully saturated rings. The first-order valence-corrected chi connectivity index (χ1v) is 7.79. The molecule has 1 aromatic heterocycles. The van der Waals surface area contributed by atoms with Gasteiger partial charge in [0.05, 0.1) is 17.6 Å². The summed E-state index contributed by atoms with van der Waals surface area (Å²) in [6, 6.07) is 8.81. The predicted octanol–water partition coefficient (Wildman–Crippen LogP) is 5.34. The molecular formula is C19H19F3N2. The van der Waals surface area contributed by atoms with Gasteiger partial charge in [-0.25, -0.2) is 4.98 Å². The number of hydrogen-bond donors (Lipinski definition) is 0. The number of aromatic nitrogens is 2. The van der Waals surface area contributed by atoms with Crippen LogP contribution < -0.4 is 0 Å². The highest BCUT2D eigenvalue weighted by Gasteiger charge is 2.37. The number of para-hydroxylation sites is 2. The topological polar surface area (TPSA) is 17.8 Å². The lowest BCUT2D eigenvalue weighted by molar-refractivity contribution is -0.146. The van der Waals surface area contributed by atoms with Gasteiger partial charge >= 0.3 is 6.18 Å². The summed E-state index contributed by atoms with van der Waals surface area (Å²) in [7, 11) is 0. The first-order chi connectivity index (χ1) is 11.2. The van der Waals surface area contributed by atoms with E-state index in [4.69, 9.17) is 0 Å². The van der Waals surface area contributed by atoms with Crippen LogP contribution in [-0.2, 0) is 12.7 Å². The Balaban J connectivity index is 2.25. The lowest BCUT2D eigenvalue weighted by Crippen LogP contribution is -2.17. The van der Waals surface area contributed by atoms with Gasteiger partial charge in [-0.2, -0.15) is 13.2 Å². The zero-order chi connectivity index (χ0) is 17.6. The van der Waals surface area contributed by atoms with E-state index in [0.29, 0.717) is 11.0 Å². The average molecular weight is 332 g/mol. The van der Waals surface area contributed by atoms with Gasteiger partial charge in [0.15, 0.2) is 0 Å². The number of nitrogens with zero attached hydrogens (tertiary/aromatic N) is 2. The Morgan fingerprint density at radius 1 is 0.958 bits per heavy atom. The normalized spacial score (nSPS) is 12.1. The molecule has 0 unspecified atom stereocenters. The molecule has 0 saturated heterocycles. The molecular weight excluding hydrogens is 313 g/mol. The van der Waals surface area contributed by atoms with Gasteiger partial charge in [-0.15, -0.1) is 0 Å². The fourth-order valence-corrected chi connectivity index (χ4v) is 3.15. The maximum absolute atomic E-state index is 13.5. The molecule has 0 N–H and O–H groups in total. The van der Waals surface area contributed by atoms with Crippen molar-refractivity contribution in [1.82, 2.24) is 9.55 Å². The Morgan fingerprint density at radius 2 is 1.54 bits per heavy atom. The summed E-state index contributed by atoms with van der Waals surface area (Å²) in [5, 5.41) is 0. The van der Waals surface area contributed by atoms with Crippen LogP contribution in [0.4, 0.5) is 13.2 Å². The van der Waals surface area contributed by atoms with Crippen LogP contribution in [0.15, 0.2) is 30.3 Å². The molecule has 0 aliphatic heterocycles. The third kappa shape index (κ3) is 2.68. The average Bonchev–Trinajstić information content (AvgIpc) is 2.88. The van der Waals surface area contributed by atoms with Gasteiger partial charge in [0.25, 0.3) is 0 Å². The monoisotopic (exact) mass is 332 g/mol. The Hall–Kier alpha value is -2.30. The van der Waals surface area contributed by atoms with Crippen molar-refractivity contribution in [3.63, 3.8) is 0 Å². The number of fused-ring (bicyclic) bond motifs is 1. The second-order valence-corrected chi connectivity index (χ2v) is 6.25. The maximum atomic E-state index is 13.5. The molecule has 0 atom stereocenters. The molecule has 24 heavy (non-hydrogen) atoms. The van der Waals surface area contributed by atoms with E-state index in [1.165, 1.54) is 4.57 Å². The highest BCUT2D eigenvalue weighted by atomic mass is 19.4. The number of alkyl halides is 3. The van der Waals surface area contributed by atoms with Crippen LogP contribution in [0, 0.1) is 27.7 Å². The number of benzene rings is 2. The Kier molecular flexibility index (Phi) is 3.90. The van der Waals surface area contributed by atoms with E-state index in [1.807, 2.05) is 27.7 Å². The van der Waals surface area contributed by atoms with Crippen molar-refractivity contribution < 1.29 is 13.2 Å². The van der Waals surface area contributed by atoms with Crippen molar-refractivity contribution in [2.45, 2.75) is 40.4 Å². The summed E-state index contributed by atoms with van der Waals surface area (Å²) >= 11 is 0. The molecule has 0 aliphatic rings.